The van der Waals surface area contributed by atoms with Gasteiger partial charge in [0, 0.05) is 19.6 Å². The van der Waals surface area contributed by atoms with Crippen molar-refractivity contribution in [2.75, 3.05) is 43.1 Å². The molecule has 2 rings (SSSR count). The Hall–Kier alpha value is -1.63. The molecule has 7 heteroatoms. The molecular weight excluding hydrogens is 234 g/mol. The molecule has 2 heterocycles. The largest absolute Gasteiger partial charge is 0.461 e. The monoisotopic (exact) mass is 253 g/mol. The van der Waals surface area contributed by atoms with Gasteiger partial charge in [-0.2, -0.15) is 15.0 Å². The molecule has 1 aromatic rings. The lowest BCUT2D eigenvalue weighted by Gasteiger charge is -2.16. The zero-order valence-electron chi connectivity index (χ0n) is 10.6. The van der Waals surface area contributed by atoms with Crippen molar-refractivity contribution in [3.05, 3.63) is 0 Å². The van der Waals surface area contributed by atoms with Crippen LogP contribution in [0.1, 0.15) is 19.8 Å². The van der Waals surface area contributed by atoms with Crippen LogP contribution in [-0.4, -0.2) is 52.9 Å². The maximum absolute atomic E-state index is 8.76. The fraction of sp³-hybridized carbons (Fsp3) is 0.727. The highest BCUT2D eigenvalue weighted by atomic mass is 16.5. The molecule has 1 aliphatic rings. The second-order valence-corrected chi connectivity index (χ2v) is 4.04. The molecule has 0 saturated carbocycles. The summed E-state index contributed by atoms with van der Waals surface area (Å²) in [5.41, 5.74) is 0. The van der Waals surface area contributed by atoms with Crippen LogP contribution in [0, 0.1) is 0 Å². The summed E-state index contributed by atoms with van der Waals surface area (Å²) in [6.45, 7) is 4.79. The van der Waals surface area contributed by atoms with E-state index in [2.05, 4.69) is 25.2 Å². The second-order valence-electron chi connectivity index (χ2n) is 4.04. The van der Waals surface area contributed by atoms with Crippen molar-refractivity contribution >= 4 is 11.9 Å². The molecule has 7 nitrogen and oxygen atoms in total. The molecule has 2 N–H and O–H groups in total. The van der Waals surface area contributed by atoms with Crippen LogP contribution in [0.25, 0.3) is 0 Å². The number of rotatable bonds is 6. The third-order valence-electron chi connectivity index (χ3n) is 2.65. The van der Waals surface area contributed by atoms with E-state index in [4.69, 9.17) is 9.84 Å². The van der Waals surface area contributed by atoms with Gasteiger partial charge in [0.05, 0.1) is 6.61 Å². The van der Waals surface area contributed by atoms with E-state index < -0.39 is 0 Å². The zero-order valence-corrected chi connectivity index (χ0v) is 10.6. The van der Waals surface area contributed by atoms with Crippen molar-refractivity contribution in [1.82, 2.24) is 15.0 Å². The number of hydrogen-bond donors (Lipinski definition) is 2. The summed E-state index contributed by atoms with van der Waals surface area (Å²) in [6, 6.07) is 0.261. The Morgan fingerprint density at radius 2 is 2.06 bits per heavy atom. The van der Waals surface area contributed by atoms with Gasteiger partial charge in [-0.15, -0.1) is 0 Å². The molecule has 18 heavy (non-hydrogen) atoms. The number of nitrogens with zero attached hydrogens (tertiary/aromatic N) is 4. The Labute approximate surface area is 106 Å². The van der Waals surface area contributed by atoms with Gasteiger partial charge in [0.15, 0.2) is 0 Å². The van der Waals surface area contributed by atoms with Gasteiger partial charge in [-0.25, -0.2) is 0 Å². The number of anilines is 2. The highest BCUT2D eigenvalue weighted by Gasteiger charge is 2.17. The molecule has 100 valence electrons. The molecule has 1 saturated heterocycles. The molecule has 0 radical (unpaired) electrons. The molecule has 0 aliphatic carbocycles. The first-order chi connectivity index (χ1) is 8.83. The Balaban J connectivity index is 2.17. The summed E-state index contributed by atoms with van der Waals surface area (Å²) >= 11 is 0. The summed E-state index contributed by atoms with van der Waals surface area (Å²) < 4.78 is 5.26. The first kappa shape index (κ1) is 12.8. The quantitative estimate of drug-likeness (QED) is 0.753. The summed E-state index contributed by atoms with van der Waals surface area (Å²) in [7, 11) is 0. The van der Waals surface area contributed by atoms with E-state index in [1.807, 2.05) is 6.92 Å². The topological polar surface area (TPSA) is 83.4 Å². The second kappa shape index (κ2) is 6.34. The van der Waals surface area contributed by atoms with Gasteiger partial charge in [-0.3, -0.25) is 0 Å². The molecule has 0 amide bonds. The Morgan fingerprint density at radius 3 is 2.72 bits per heavy atom. The minimum absolute atomic E-state index is 0.0543. The minimum atomic E-state index is -0.0543. The van der Waals surface area contributed by atoms with Crippen LogP contribution in [0.4, 0.5) is 11.9 Å². The van der Waals surface area contributed by atoms with Gasteiger partial charge in [0.1, 0.15) is 6.61 Å². The first-order valence-corrected chi connectivity index (χ1v) is 6.32. The van der Waals surface area contributed by atoms with E-state index in [9.17, 15) is 0 Å². The van der Waals surface area contributed by atoms with E-state index in [0.717, 1.165) is 32.5 Å². The van der Waals surface area contributed by atoms with Gasteiger partial charge >= 0.3 is 6.01 Å². The van der Waals surface area contributed by atoms with E-state index in [1.165, 1.54) is 0 Å². The van der Waals surface area contributed by atoms with E-state index in [1.54, 1.807) is 0 Å². The van der Waals surface area contributed by atoms with Crippen molar-refractivity contribution in [3.8, 4) is 6.01 Å². The molecule has 0 spiro atoms. The van der Waals surface area contributed by atoms with Crippen LogP contribution in [0.15, 0.2) is 0 Å². The molecule has 0 atom stereocenters. The highest BCUT2D eigenvalue weighted by molar-refractivity contribution is 5.39. The molecular formula is C11H19N5O2. The standard InChI is InChI=1S/C11H19N5O2/c1-2-12-9-13-10(16-5-3-4-6-16)15-11(14-9)18-8-7-17/h17H,2-8H2,1H3,(H,12,13,14,15). The van der Waals surface area contributed by atoms with Crippen molar-refractivity contribution in [2.45, 2.75) is 19.8 Å². The van der Waals surface area contributed by atoms with Gasteiger partial charge < -0.3 is 20.1 Å². The molecule has 1 fully saturated rings. The number of aliphatic hydroxyl groups is 1. The maximum atomic E-state index is 8.76. The molecule has 0 bridgehead atoms. The fourth-order valence-electron chi connectivity index (χ4n) is 1.84. The van der Waals surface area contributed by atoms with Gasteiger partial charge in [-0.05, 0) is 19.8 Å². The van der Waals surface area contributed by atoms with Gasteiger partial charge in [0.25, 0.3) is 0 Å². The normalized spacial score (nSPS) is 14.9. The van der Waals surface area contributed by atoms with Gasteiger partial charge in [0.2, 0.25) is 11.9 Å². The smallest absolute Gasteiger partial charge is 0.323 e. The first-order valence-electron chi connectivity index (χ1n) is 6.32. The summed E-state index contributed by atoms with van der Waals surface area (Å²) in [6.07, 6.45) is 2.32. The van der Waals surface area contributed by atoms with Crippen molar-refractivity contribution in [3.63, 3.8) is 0 Å². The summed E-state index contributed by atoms with van der Waals surface area (Å²) in [4.78, 5) is 14.9. The Bertz CT molecular complexity index is 382. The maximum Gasteiger partial charge on any atom is 0.323 e. The fourth-order valence-corrected chi connectivity index (χ4v) is 1.84. The lowest BCUT2D eigenvalue weighted by Crippen LogP contribution is -2.22. The predicted octanol–water partition coefficient (Wildman–Crippen LogP) is 0.275. The molecule has 1 aromatic heterocycles. The molecule has 1 aliphatic heterocycles. The average Bonchev–Trinajstić information content (AvgIpc) is 2.90. The SMILES string of the molecule is CCNc1nc(OCCO)nc(N2CCCC2)n1. The summed E-state index contributed by atoms with van der Waals surface area (Å²) in [5.74, 6) is 1.16. The Morgan fingerprint density at radius 1 is 1.28 bits per heavy atom. The van der Waals surface area contributed by atoms with Crippen molar-refractivity contribution in [2.24, 2.45) is 0 Å². The number of aromatic nitrogens is 3. The van der Waals surface area contributed by atoms with E-state index in [-0.39, 0.29) is 19.2 Å². The van der Waals surface area contributed by atoms with Crippen LogP contribution in [0.5, 0.6) is 6.01 Å². The number of hydrogen-bond acceptors (Lipinski definition) is 7. The van der Waals surface area contributed by atoms with E-state index in [0.29, 0.717) is 11.9 Å². The lowest BCUT2D eigenvalue weighted by atomic mass is 10.4. The van der Waals surface area contributed by atoms with Crippen molar-refractivity contribution in [1.29, 1.82) is 0 Å². The van der Waals surface area contributed by atoms with E-state index >= 15 is 0 Å². The number of nitrogens with one attached hydrogen (secondary N) is 1. The van der Waals surface area contributed by atoms with Crippen LogP contribution in [0.2, 0.25) is 0 Å². The minimum Gasteiger partial charge on any atom is -0.461 e. The van der Waals surface area contributed by atoms with Gasteiger partial charge in [-0.1, -0.05) is 0 Å². The van der Waals surface area contributed by atoms with Crippen LogP contribution >= 0.6 is 0 Å². The predicted molar refractivity (Wildman–Crippen MR) is 68.0 cm³/mol. The number of aliphatic hydroxyl groups excluding tert-OH is 1. The Kier molecular flexibility index (Phi) is 4.52. The van der Waals surface area contributed by atoms with Crippen LogP contribution in [-0.2, 0) is 0 Å². The lowest BCUT2D eigenvalue weighted by molar-refractivity contribution is 0.191. The van der Waals surface area contributed by atoms with Crippen molar-refractivity contribution < 1.29 is 9.84 Å². The zero-order chi connectivity index (χ0) is 12.8. The molecule has 0 unspecified atom stereocenters. The summed E-state index contributed by atoms with van der Waals surface area (Å²) in [5, 5.41) is 11.8. The van der Waals surface area contributed by atoms with Crippen LogP contribution < -0.4 is 15.0 Å². The highest BCUT2D eigenvalue weighted by Crippen LogP contribution is 2.19. The number of ether oxygens (including phenoxy) is 1. The van der Waals surface area contributed by atoms with Crippen LogP contribution in [0.3, 0.4) is 0 Å². The molecule has 0 aromatic carbocycles. The third-order valence-corrected chi connectivity index (χ3v) is 2.65. The average molecular weight is 253 g/mol. The third kappa shape index (κ3) is 3.19.